The topological polar surface area (TPSA) is 88.7 Å². The van der Waals surface area contributed by atoms with Gasteiger partial charge in [-0.05, 0) is 36.0 Å². The highest BCUT2D eigenvalue weighted by Gasteiger charge is 2.13. The quantitative estimate of drug-likeness (QED) is 0.729. The molecular formula is C13H7ClN4OS. The molecule has 5 nitrogen and oxygen atoms in total. The maximum Gasteiger partial charge on any atom is 0.263 e. The first-order chi connectivity index (χ1) is 9.67. The summed E-state index contributed by atoms with van der Waals surface area (Å²) in [5.74, 6) is 0. The third kappa shape index (κ3) is 2.29. The van der Waals surface area contributed by atoms with Crippen LogP contribution in [-0.2, 0) is 0 Å². The van der Waals surface area contributed by atoms with Crippen molar-refractivity contribution in [2.24, 2.45) is 0 Å². The zero-order chi connectivity index (χ0) is 14.1. The number of hydrogen-bond donors (Lipinski definition) is 1. The molecule has 0 atom stereocenters. The van der Waals surface area contributed by atoms with E-state index in [1.807, 2.05) is 6.07 Å². The number of aromatic nitrogens is 2. The first kappa shape index (κ1) is 12.8. The van der Waals surface area contributed by atoms with Gasteiger partial charge in [0.2, 0.25) is 0 Å². The summed E-state index contributed by atoms with van der Waals surface area (Å²) in [6, 6.07) is 8.78. The fourth-order valence-electron chi connectivity index (χ4n) is 1.63. The number of nitrogen functional groups attached to an aromatic ring is 1. The molecule has 0 saturated heterocycles. The number of nitrogens with two attached hydrogens (primary N) is 1. The molecule has 0 fully saturated rings. The molecule has 0 spiro atoms. The van der Waals surface area contributed by atoms with Crippen molar-refractivity contribution in [2.45, 2.75) is 10.2 Å². The molecule has 0 aliphatic rings. The maximum absolute atomic E-state index is 8.93. The number of nitrogens with zero attached hydrogens (tertiary/aromatic N) is 3. The molecule has 2 N–H and O–H groups in total. The SMILES string of the molecule is N#Cc1ccnc(Sc2nc3cc(N)ccc3o2)c1Cl. The Balaban J connectivity index is 1.99. The van der Waals surface area contributed by atoms with Crippen LogP contribution < -0.4 is 5.73 Å². The molecule has 3 aromatic rings. The molecule has 0 saturated carbocycles. The number of pyridine rings is 1. The Bertz CT molecular complexity index is 840. The molecule has 7 heteroatoms. The van der Waals surface area contributed by atoms with Gasteiger partial charge in [-0.2, -0.15) is 5.26 Å². The molecule has 20 heavy (non-hydrogen) atoms. The Hall–Kier alpha value is -2.23. The molecule has 0 aliphatic heterocycles. The first-order valence-electron chi connectivity index (χ1n) is 5.56. The van der Waals surface area contributed by atoms with Gasteiger partial charge >= 0.3 is 0 Å². The van der Waals surface area contributed by atoms with Crippen molar-refractivity contribution in [3.8, 4) is 6.07 Å². The molecule has 2 heterocycles. The highest BCUT2D eigenvalue weighted by molar-refractivity contribution is 7.99. The summed E-state index contributed by atoms with van der Waals surface area (Å²) in [5.41, 5.74) is 7.97. The van der Waals surface area contributed by atoms with Crippen LogP contribution in [0.15, 0.2) is 45.1 Å². The first-order valence-corrected chi connectivity index (χ1v) is 6.75. The number of oxazole rings is 1. The van der Waals surface area contributed by atoms with E-state index >= 15 is 0 Å². The van der Waals surface area contributed by atoms with Gasteiger partial charge in [0.15, 0.2) is 5.58 Å². The number of nitriles is 1. The minimum atomic E-state index is 0.293. The fourth-order valence-corrected chi connectivity index (χ4v) is 2.66. The summed E-state index contributed by atoms with van der Waals surface area (Å²) in [6.45, 7) is 0. The van der Waals surface area contributed by atoms with Crippen molar-refractivity contribution < 1.29 is 4.42 Å². The minimum Gasteiger partial charge on any atom is -0.431 e. The van der Waals surface area contributed by atoms with Crippen LogP contribution in [0.5, 0.6) is 0 Å². The number of benzene rings is 1. The number of rotatable bonds is 2. The van der Waals surface area contributed by atoms with Gasteiger partial charge in [0, 0.05) is 11.9 Å². The molecule has 0 unspecified atom stereocenters. The normalized spacial score (nSPS) is 10.6. The van der Waals surface area contributed by atoms with Gasteiger partial charge in [-0.25, -0.2) is 9.97 Å². The summed E-state index contributed by atoms with van der Waals surface area (Å²) in [7, 11) is 0. The second-order valence-corrected chi connectivity index (χ2v) is 5.22. The van der Waals surface area contributed by atoms with Gasteiger partial charge in [0.25, 0.3) is 5.22 Å². The highest BCUT2D eigenvalue weighted by atomic mass is 35.5. The largest absolute Gasteiger partial charge is 0.431 e. The number of fused-ring (bicyclic) bond motifs is 1. The van der Waals surface area contributed by atoms with E-state index in [-0.39, 0.29) is 0 Å². The van der Waals surface area contributed by atoms with Crippen LogP contribution in [-0.4, -0.2) is 9.97 Å². The number of halogens is 1. The van der Waals surface area contributed by atoms with Crippen molar-refractivity contribution >= 4 is 40.1 Å². The zero-order valence-corrected chi connectivity index (χ0v) is 11.6. The number of anilines is 1. The van der Waals surface area contributed by atoms with E-state index in [1.54, 1.807) is 24.3 Å². The second kappa shape index (κ2) is 5.04. The predicted molar refractivity (Wildman–Crippen MR) is 76.5 cm³/mol. The fraction of sp³-hybridized carbons (Fsp3) is 0. The maximum atomic E-state index is 8.93. The highest BCUT2D eigenvalue weighted by Crippen LogP contribution is 2.34. The lowest BCUT2D eigenvalue weighted by molar-refractivity contribution is 0.489. The Morgan fingerprint density at radius 3 is 3.00 bits per heavy atom. The lowest BCUT2D eigenvalue weighted by atomic mass is 10.3. The molecular weight excluding hydrogens is 296 g/mol. The van der Waals surface area contributed by atoms with Crippen LogP contribution in [0.2, 0.25) is 5.02 Å². The Morgan fingerprint density at radius 1 is 1.35 bits per heavy atom. The Morgan fingerprint density at radius 2 is 2.20 bits per heavy atom. The molecule has 2 aromatic heterocycles. The van der Waals surface area contributed by atoms with Gasteiger partial charge in [0.05, 0.1) is 10.6 Å². The van der Waals surface area contributed by atoms with Crippen molar-refractivity contribution in [3.05, 3.63) is 41.0 Å². The minimum absolute atomic E-state index is 0.293. The molecule has 0 radical (unpaired) electrons. The molecule has 0 amide bonds. The molecule has 0 bridgehead atoms. The second-order valence-electron chi connectivity index (χ2n) is 3.90. The van der Waals surface area contributed by atoms with Gasteiger partial charge in [0.1, 0.15) is 16.6 Å². The predicted octanol–water partition coefficient (Wildman–Crippen LogP) is 3.48. The van der Waals surface area contributed by atoms with E-state index < -0.39 is 0 Å². The molecule has 98 valence electrons. The van der Waals surface area contributed by atoms with Crippen molar-refractivity contribution in [3.63, 3.8) is 0 Å². The van der Waals surface area contributed by atoms with Gasteiger partial charge < -0.3 is 10.2 Å². The average molecular weight is 303 g/mol. The third-order valence-electron chi connectivity index (χ3n) is 2.55. The van der Waals surface area contributed by atoms with E-state index in [2.05, 4.69) is 9.97 Å². The van der Waals surface area contributed by atoms with E-state index in [4.69, 9.17) is 27.0 Å². The summed E-state index contributed by atoms with van der Waals surface area (Å²) in [5, 5.41) is 10.1. The molecule has 0 aliphatic carbocycles. The van der Waals surface area contributed by atoms with Crippen molar-refractivity contribution in [1.29, 1.82) is 5.26 Å². The van der Waals surface area contributed by atoms with Crippen LogP contribution >= 0.6 is 23.4 Å². The summed E-state index contributed by atoms with van der Waals surface area (Å²) >= 11 is 7.25. The van der Waals surface area contributed by atoms with Crippen LogP contribution in [0.3, 0.4) is 0 Å². The van der Waals surface area contributed by atoms with E-state index in [9.17, 15) is 0 Å². The smallest absolute Gasteiger partial charge is 0.263 e. The summed E-state index contributed by atoms with van der Waals surface area (Å²) in [4.78, 5) is 8.43. The lowest BCUT2D eigenvalue weighted by Crippen LogP contribution is -1.85. The van der Waals surface area contributed by atoms with E-state index in [0.717, 1.165) is 11.8 Å². The summed E-state index contributed by atoms with van der Waals surface area (Å²) < 4.78 is 5.57. The van der Waals surface area contributed by atoms with E-state index in [1.165, 1.54) is 6.20 Å². The third-order valence-corrected chi connectivity index (χ3v) is 3.90. The number of hydrogen-bond acceptors (Lipinski definition) is 6. The molecule has 1 aromatic carbocycles. The Labute approximate surface area is 123 Å². The van der Waals surface area contributed by atoms with Crippen molar-refractivity contribution in [2.75, 3.05) is 5.73 Å². The van der Waals surface area contributed by atoms with Crippen molar-refractivity contribution in [1.82, 2.24) is 9.97 Å². The molecule has 3 rings (SSSR count). The average Bonchev–Trinajstić information content (AvgIpc) is 2.82. The van der Waals surface area contributed by atoms with Crippen LogP contribution in [0.1, 0.15) is 5.56 Å². The van der Waals surface area contributed by atoms with Crippen LogP contribution in [0.25, 0.3) is 11.1 Å². The van der Waals surface area contributed by atoms with Gasteiger partial charge in [-0.1, -0.05) is 11.6 Å². The van der Waals surface area contributed by atoms with Gasteiger partial charge in [-0.3, -0.25) is 0 Å². The summed E-state index contributed by atoms with van der Waals surface area (Å²) in [6.07, 6.45) is 1.52. The van der Waals surface area contributed by atoms with Crippen LogP contribution in [0, 0.1) is 11.3 Å². The van der Waals surface area contributed by atoms with E-state index in [0.29, 0.717) is 37.6 Å². The lowest BCUT2D eigenvalue weighted by Gasteiger charge is -2.00. The Kier molecular flexibility index (Phi) is 3.22. The monoisotopic (exact) mass is 302 g/mol. The zero-order valence-electron chi connectivity index (χ0n) is 10.0. The van der Waals surface area contributed by atoms with Gasteiger partial charge in [-0.15, -0.1) is 0 Å². The van der Waals surface area contributed by atoms with Crippen LogP contribution in [0.4, 0.5) is 5.69 Å². The standard InChI is InChI=1S/C13H7ClN4OS/c14-11-7(6-15)3-4-17-12(11)20-13-18-9-5-8(16)1-2-10(9)19-13/h1-5H,16H2.